The number of carbonyl (C=O) groups is 1. The fourth-order valence-electron chi connectivity index (χ4n) is 1.56. The molecule has 0 aliphatic heterocycles. The van der Waals surface area contributed by atoms with E-state index >= 15 is 0 Å². The number of rotatable bonds is 3. The highest BCUT2D eigenvalue weighted by Gasteiger charge is 2.07. The normalized spacial score (nSPS) is 11.3. The lowest BCUT2D eigenvalue weighted by molar-refractivity contribution is 0.0954. The van der Waals surface area contributed by atoms with Gasteiger partial charge in [-0.3, -0.25) is 4.79 Å². The van der Waals surface area contributed by atoms with Gasteiger partial charge in [-0.05, 0) is 36.9 Å². The van der Waals surface area contributed by atoms with Crippen molar-refractivity contribution in [2.24, 2.45) is 5.10 Å². The fourth-order valence-corrected chi connectivity index (χ4v) is 2.24. The van der Waals surface area contributed by atoms with Crippen molar-refractivity contribution < 1.29 is 4.79 Å². The lowest BCUT2D eigenvalue weighted by atomic mass is 10.1. The van der Waals surface area contributed by atoms with Crippen LogP contribution in [0.4, 0.5) is 0 Å². The molecule has 2 rings (SSSR count). The van der Waals surface area contributed by atoms with E-state index in [9.17, 15) is 4.79 Å². The van der Waals surface area contributed by atoms with E-state index in [0.717, 1.165) is 16.2 Å². The highest BCUT2D eigenvalue weighted by Crippen LogP contribution is 2.10. The van der Waals surface area contributed by atoms with Crippen molar-refractivity contribution in [3.8, 4) is 0 Å². The molecule has 0 radical (unpaired) electrons. The number of thiophene rings is 1. The molecule has 0 aliphatic carbocycles. The monoisotopic (exact) mass is 258 g/mol. The highest BCUT2D eigenvalue weighted by molar-refractivity contribution is 7.12. The molecule has 0 spiro atoms. The van der Waals surface area contributed by atoms with Crippen molar-refractivity contribution in [1.29, 1.82) is 0 Å². The second-order valence-corrected chi connectivity index (χ2v) is 4.88. The van der Waals surface area contributed by atoms with Crippen LogP contribution in [0.3, 0.4) is 0 Å². The summed E-state index contributed by atoms with van der Waals surface area (Å²) < 4.78 is 0. The predicted octanol–water partition coefficient (Wildman–Crippen LogP) is 3.21. The van der Waals surface area contributed by atoms with Crippen LogP contribution in [-0.4, -0.2) is 11.6 Å². The Morgan fingerprint density at radius 3 is 2.67 bits per heavy atom. The Morgan fingerprint density at radius 2 is 2.00 bits per heavy atom. The van der Waals surface area contributed by atoms with Gasteiger partial charge in [-0.1, -0.05) is 24.3 Å². The third-order valence-corrected chi connectivity index (χ3v) is 3.57. The molecule has 4 heteroatoms. The third-order valence-electron chi connectivity index (χ3n) is 2.59. The molecule has 2 aromatic rings. The summed E-state index contributed by atoms with van der Waals surface area (Å²) in [6.45, 7) is 3.79. The molecular weight excluding hydrogens is 244 g/mol. The van der Waals surface area contributed by atoms with Crippen molar-refractivity contribution in [2.75, 3.05) is 0 Å². The van der Waals surface area contributed by atoms with Gasteiger partial charge in [0, 0.05) is 10.4 Å². The number of nitrogens with one attached hydrogen (secondary N) is 1. The average molecular weight is 258 g/mol. The van der Waals surface area contributed by atoms with E-state index in [0.29, 0.717) is 5.56 Å². The molecule has 18 heavy (non-hydrogen) atoms. The molecule has 0 fully saturated rings. The van der Waals surface area contributed by atoms with Crippen LogP contribution in [0, 0.1) is 6.92 Å². The zero-order valence-electron chi connectivity index (χ0n) is 10.3. The highest BCUT2D eigenvalue weighted by atomic mass is 32.1. The van der Waals surface area contributed by atoms with Crippen molar-refractivity contribution >= 4 is 23.0 Å². The molecule has 1 aromatic heterocycles. The first-order valence-corrected chi connectivity index (χ1v) is 6.50. The van der Waals surface area contributed by atoms with Crippen LogP contribution in [0.1, 0.15) is 27.7 Å². The van der Waals surface area contributed by atoms with E-state index < -0.39 is 0 Å². The van der Waals surface area contributed by atoms with Crippen LogP contribution in [-0.2, 0) is 0 Å². The van der Waals surface area contributed by atoms with Crippen molar-refractivity contribution in [3.05, 3.63) is 57.8 Å². The maximum Gasteiger partial charge on any atom is 0.271 e. The Balaban J connectivity index is 2.09. The molecule has 0 atom stereocenters. The lowest BCUT2D eigenvalue weighted by Crippen LogP contribution is -2.20. The van der Waals surface area contributed by atoms with Gasteiger partial charge in [0.05, 0.1) is 5.71 Å². The van der Waals surface area contributed by atoms with Gasteiger partial charge in [0.15, 0.2) is 0 Å². The van der Waals surface area contributed by atoms with Crippen LogP contribution < -0.4 is 5.43 Å². The van der Waals surface area contributed by atoms with E-state index in [-0.39, 0.29) is 5.91 Å². The third kappa shape index (κ3) is 2.84. The maximum absolute atomic E-state index is 11.9. The summed E-state index contributed by atoms with van der Waals surface area (Å²) in [5.41, 5.74) is 4.99. The van der Waals surface area contributed by atoms with Gasteiger partial charge in [0.1, 0.15) is 0 Å². The molecule has 0 aliphatic rings. The number of hydrogen-bond donors (Lipinski definition) is 1. The number of hydrazone groups is 1. The molecule has 0 saturated heterocycles. The Hall–Kier alpha value is -1.94. The van der Waals surface area contributed by atoms with Crippen LogP contribution in [0.2, 0.25) is 0 Å². The standard InChI is InChI=1S/C14H14N2OS/c1-10-6-3-4-7-12(10)14(17)16-15-11(2)13-8-5-9-18-13/h3-9H,1-2H3,(H,16,17)/b15-11+. The summed E-state index contributed by atoms with van der Waals surface area (Å²) in [5, 5.41) is 6.10. The molecular formula is C14H14N2OS. The summed E-state index contributed by atoms with van der Waals surface area (Å²) in [6, 6.07) is 11.4. The Kier molecular flexibility index (Phi) is 3.89. The summed E-state index contributed by atoms with van der Waals surface area (Å²) in [4.78, 5) is 13.0. The summed E-state index contributed by atoms with van der Waals surface area (Å²) in [5.74, 6) is -0.177. The number of nitrogens with zero attached hydrogens (tertiary/aromatic N) is 1. The largest absolute Gasteiger partial charge is 0.271 e. The minimum absolute atomic E-state index is 0.177. The first kappa shape index (κ1) is 12.5. The minimum atomic E-state index is -0.177. The van der Waals surface area contributed by atoms with E-state index in [4.69, 9.17) is 0 Å². The molecule has 0 bridgehead atoms. The van der Waals surface area contributed by atoms with Gasteiger partial charge in [0.25, 0.3) is 5.91 Å². The van der Waals surface area contributed by atoms with Crippen LogP contribution in [0.15, 0.2) is 46.9 Å². The predicted molar refractivity (Wildman–Crippen MR) is 75.2 cm³/mol. The van der Waals surface area contributed by atoms with Gasteiger partial charge in [-0.15, -0.1) is 11.3 Å². The van der Waals surface area contributed by atoms with E-state index in [1.54, 1.807) is 17.4 Å². The first-order chi connectivity index (χ1) is 8.68. The van der Waals surface area contributed by atoms with Gasteiger partial charge >= 0.3 is 0 Å². The molecule has 0 saturated carbocycles. The van der Waals surface area contributed by atoms with Crippen molar-refractivity contribution in [3.63, 3.8) is 0 Å². The number of amides is 1. The van der Waals surface area contributed by atoms with Crippen LogP contribution in [0.25, 0.3) is 0 Å². The van der Waals surface area contributed by atoms with Gasteiger partial charge < -0.3 is 0 Å². The number of hydrogen-bond acceptors (Lipinski definition) is 3. The van der Waals surface area contributed by atoms with Crippen LogP contribution in [0.5, 0.6) is 0 Å². The molecule has 92 valence electrons. The first-order valence-electron chi connectivity index (χ1n) is 5.62. The van der Waals surface area contributed by atoms with Crippen LogP contribution >= 0.6 is 11.3 Å². The van der Waals surface area contributed by atoms with Gasteiger partial charge in [-0.2, -0.15) is 5.10 Å². The maximum atomic E-state index is 11.9. The number of carbonyl (C=O) groups excluding carboxylic acids is 1. The Morgan fingerprint density at radius 1 is 1.22 bits per heavy atom. The lowest BCUT2D eigenvalue weighted by Gasteiger charge is -2.04. The quantitative estimate of drug-likeness (QED) is 0.666. The fraction of sp³-hybridized carbons (Fsp3) is 0.143. The molecule has 3 nitrogen and oxygen atoms in total. The topological polar surface area (TPSA) is 41.5 Å². The van der Waals surface area contributed by atoms with Crippen molar-refractivity contribution in [1.82, 2.24) is 5.43 Å². The SMILES string of the molecule is C/C(=N\NC(=O)c1ccccc1C)c1cccs1. The van der Waals surface area contributed by atoms with E-state index in [1.165, 1.54) is 0 Å². The molecule has 1 aromatic carbocycles. The van der Waals surface area contributed by atoms with Crippen molar-refractivity contribution in [2.45, 2.75) is 13.8 Å². The molecule has 1 heterocycles. The summed E-state index contributed by atoms with van der Waals surface area (Å²) in [7, 11) is 0. The minimum Gasteiger partial charge on any atom is -0.267 e. The Labute approximate surface area is 110 Å². The number of aryl methyl sites for hydroxylation is 1. The zero-order valence-corrected chi connectivity index (χ0v) is 11.1. The Bertz CT molecular complexity index is 573. The van der Waals surface area contributed by atoms with Gasteiger partial charge in [0.2, 0.25) is 0 Å². The van der Waals surface area contributed by atoms with Gasteiger partial charge in [-0.25, -0.2) is 5.43 Å². The zero-order chi connectivity index (χ0) is 13.0. The number of benzene rings is 1. The molecule has 0 unspecified atom stereocenters. The summed E-state index contributed by atoms with van der Waals surface area (Å²) in [6.07, 6.45) is 0. The summed E-state index contributed by atoms with van der Waals surface area (Å²) >= 11 is 1.60. The second kappa shape index (κ2) is 5.60. The smallest absolute Gasteiger partial charge is 0.267 e. The molecule has 1 amide bonds. The average Bonchev–Trinajstić information content (AvgIpc) is 2.90. The van der Waals surface area contributed by atoms with E-state index in [1.807, 2.05) is 49.6 Å². The molecule has 1 N–H and O–H groups in total. The van der Waals surface area contributed by atoms with E-state index in [2.05, 4.69) is 10.5 Å². The second-order valence-electron chi connectivity index (χ2n) is 3.93.